The van der Waals surface area contributed by atoms with Crippen LogP contribution in [-0.4, -0.2) is 81.3 Å². The quantitative estimate of drug-likeness (QED) is 0.104. The average Bonchev–Trinajstić information content (AvgIpc) is 3.14. The zero-order chi connectivity index (χ0) is 45.9. The van der Waals surface area contributed by atoms with Gasteiger partial charge in [-0.15, -0.1) is 0 Å². The topological polar surface area (TPSA) is 351 Å². The summed E-state index contributed by atoms with van der Waals surface area (Å²) in [5, 5.41) is 9.85. The highest BCUT2D eigenvalue weighted by molar-refractivity contribution is 7.90. The van der Waals surface area contributed by atoms with Gasteiger partial charge in [0.05, 0.1) is 31.0 Å². The van der Waals surface area contributed by atoms with Crippen LogP contribution in [0, 0.1) is 13.8 Å². The number of nitrogens with one attached hydrogen (secondary N) is 4. The van der Waals surface area contributed by atoms with E-state index in [1.165, 1.54) is 50.2 Å². The molecule has 62 heavy (non-hydrogen) atoms. The fourth-order valence-electron chi connectivity index (χ4n) is 6.64. The second kappa shape index (κ2) is 16.1. The van der Waals surface area contributed by atoms with Gasteiger partial charge in [0.15, 0.2) is 11.6 Å². The third-order valence-corrected chi connectivity index (χ3v) is 13.1. The van der Waals surface area contributed by atoms with Gasteiger partial charge >= 0.3 is 6.03 Å². The molecule has 2 aliphatic rings. The Balaban J connectivity index is 1.23. The molecule has 0 spiro atoms. The molecular formula is C37H30N4O17S4. The van der Waals surface area contributed by atoms with Crippen LogP contribution in [0.15, 0.2) is 92.4 Å². The van der Waals surface area contributed by atoms with E-state index in [9.17, 15) is 75.9 Å². The number of anilines is 4. The molecule has 0 saturated heterocycles. The second-order valence-corrected chi connectivity index (χ2v) is 19.4. The van der Waals surface area contributed by atoms with Crippen LogP contribution in [0.1, 0.15) is 63.7 Å². The number of hydrogen-bond donors (Lipinski definition) is 8. The Morgan fingerprint density at radius 3 is 1.18 bits per heavy atom. The van der Waals surface area contributed by atoms with E-state index in [-0.39, 0.29) is 55.9 Å². The van der Waals surface area contributed by atoms with Crippen LogP contribution in [0.3, 0.4) is 0 Å². The molecule has 21 nitrogen and oxygen atoms in total. The maximum atomic E-state index is 13.6. The van der Waals surface area contributed by atoms with Gasteiger partial charge in [0.1, 0.15) is 0 Å². The lowest BCUT2D eigenvalue weighted by Crippen LogP contribution is -2.24. The smallest absolute Gasteiger partial charge is 0.321 e. The van der Waals surface area contributed by atoms with E-state index >= 15 is 0 Å². The molecule has 2 aliphatic carbocycles. The summed E-state index contributed by atoms with van der Waals surface area (Å²) in [7, 11) is -19.7. The highest BCUT2D eigenvalue weighted by Gasteiger charge is 2.32. The number of urea groups is 1. The van der Waals surface area contributed by atoms with E-state index in [1.54, 1.807) is 0 Å². The minimum atomic E-state index is -4.96. The van der Waals surface area contributed by atoms with Gasteiger partial charge in [0, 0.05) is 58.6 Å². The number of rotatable bonds is 10. The molecule has 4 aromatic carbocycles. The van der Waals surface area contributed by atoms with Crippen LogP contribution in [0.25, 0.3) is 0 Å². The Kier molecular flexibility index (Phi) is 11.7. The first-order chi connectivity index (χ1) is 28.6. The second-order valence-electron chi connectivity index (χ2n) is 13.7. The van der Waals surface area contributed by atoms with Crippen molar-refractivity contribution < 1.29 is 75.9 Å². The monoisotopic (exact) mass is 930 g/mol. The third kappa shape index (κ3) is 9.38. The molecule has 0 radical (unpaired) electrons. The standard InChI is InChI=1S/C37H30N4O17S4/c1-17-25(35(44)38-29-13-21(59(47,48)49)9-19-11-23(61(53,54)55)15-31(42)33(19)29)5-3-7-27(17)40-37(46)41-28-8-4-6-26(18(28)2)36(45)39-30-14-22(60(50,51)52)10-20-12-24(62(56,57)58)16-32(43)34(20)30/h3-10,13-16H,11-12H2,1-2H3,(H,38,44)(H,39,45)(H2,40,41,46)(H,47,48,49)(H,50,51,52)(H,53,54,55)(H,56,57,58). The number of benzene rings is 4. The summed E-state index contributed by atoms with van der Waals surface area (Å²) in [5.41, 5.74) is -1.77. The molecule has 6 rings (SSSR count). The predicted octanol–water partition coefficient (Wildman–Crippen LogP) is 3.97. The van der Waals surface area contributed by atoms with Crippen molar-refractivity contribution in [1.82, 2.24) is 0 Å². The maximum absolute atomic E-state index is 13.6. The number of hydrogen-bond acceptors (Lipinski definition) is 13. The summed E-state index contributed by atoms with van der Waals surface area (Å²) >= 11 is 0. The zero-order valence-corrected chi connectivity index (χ0v) is 34.8. The van der Waals surface area contributed by atoms with Gasteiger partial charge in [-0.05, 0) is 84.6 Å². The SMILES string of the molecule is Cc1c(NC(=O)Nc2cccc(C(=O)Nc3cc(S(=O)(=O)O)cc4c3C(=O)C=C(S(=O)(=O)O)C4)c2C)cccc1C(=O)Nc1cc(S(=O)(=O)O)cc2c1C(=O)C=C(S(=O)(=O)O)C2. The van der Waals surface area contributed by atoms with E-state index < -0.39 is 114 Å². The Morgan fingerprint density at radius 2 is 0.855 bits per heavy atom. The van der Waals surface area contributed by atoms with Gasteiger partial charge in [0.2, 0.25) is 0 Å². The van der Waals surface area contributed by atoms with Crippen molar-refractivity contribution in [1.29, 1.82) is 0 Å². The van der Waals surface area contributed by atoms with Crippen LogP contribution >= 0.6 is 0 Å². The van der Waals surface area contributed by atoms with Crippen molar-refractivity contribution in [2.24, 2.45) is 0 Å². The van der Waals surface area contributed by atoms with Crippen LogP contribution in [0.5, 0.6) is 0 Å². The van der Waals surface area contributed by atoms with Crippen molar-refractivity contribution in [2.75, 3.05) is 21.3 Å². The molecule has 0 aliphatic heterocycles. The summed E-state index contributed by atoms with van der Waals surface area (Å²) in [4.78, 5) is 63.3. The fraction of sp³-hybridized carbons (Fsp3) is 0.108. The van der Waals surface area contributed by atoms with Crippen LogP contribution in [-0.2, 0) is 53.3 Å². The molecule has 4 amide bonds. The van der Waals surface area contributed by atoms with Gasteiger partial charge in [-0.3, -0.25) is 37.4 Å². The Hall–Kier alpha value is -6.45. The molecular weight excluding hydrogens is 901 g/mol. The van der Waals surface area contributed by atoms with E-state index in [2.05, 4.69) is 21.3 Å². The molecule has 0 heterocycles. The molecule has 0 unspecified atom stereocenters. The van der Waals surface area contributed by atoms with E-state index in [0.29, 0.717) is 12.2 Å². The molecule has 4 aromatic rings. The number of amides is 4. The average molecular weight is 931 g/mol. The van der Waals surface area contributed by atoms with Gasteiger partial charge in [-0.25, -0.2) is 4.79 Å². The highest BCUT2D eigenvalue weighted by Crippen LogP contribution is 2.35. The minimum Gasteiger partial charge on any atom is -0.321 e. The molecule has 0 atom stereocenters. The fourth-order valence-corrected chi connectivity index (χ4v) is 8.94. The van der Waals surface area contributed by atoms with E-state index in [0.717, 1.165) is 24.3 Å². The Labute approximate surface area is 351 Å². The lowest BCUT2D eigenvalue weighted by atomic mass is 9.93. The molecule has 0 saturated carbocycles. The van der Waals surface area contributed by atoms with Gasteiger partial charge in [-0.1, -0.05) is 12.1 Å². The van der Waals surface area contributed by atoms with Crippen LogP contribution in [0.4, 0.5) is 27.5 Å². The van der Waals surface area contributed by atoms with Crippen molar-refractivity contribution in [3.05, 3.63) is 127 Å². The normalized spacial score (nSPS) is 14.2. The summed E-state index contributed by atoms with van der Waals surface area (Å²) < 4.78 is 134. The van der Waals surface area contributed by atoms with Crippen molar-refractivity contribution in [3.8, 4) is 0 Å². The van der Waals surface area contributed by atoms with Crippen molar-refractivity contribution >= 4 is 92.6 Å². The van der Waals surface area contributed by atoms with Crippen LogP contribution in [0.2, 0.25) is 0 Å². The lowest BCUT2D eigenvalue weighted by molar-refractivity contribution is 0.101. The summed E-state index contributed by atoms with van der Waals surface area (Å²) in [5.74, 6) is -3.89. The molecule has 0 aromatic heterocycles. The lowest BCUT2D eigenvalue weighted by Gasteiger charge is -2.20. The minimum absolute atomic E-state index is 0.0617. The Morgan fingerprint density at radius 1 is 0.500 bits per heavy atom. The maximum Gasteiger partial charge on any atom is 0.323 e. The van der Waals surface area contributed by atoms with E-state index in [4.69, 9.17) is 0 Å². The number of ketones is 2. The number of fused-ring (bicyclic) bond motifs is 2. The molecule has 8 N–H and O–H groups in total. The first-order valence-corrected chi connectivity index (χ1v) is 23.0. The van der Waals surface area contributed by atoms with E-state index in [1.807, 2.05) is 0 Å². The zero-order valence-electron chi connectivity index (χ0n) is 31.6. The molecule has 0 bridgehead atoms. The molecule has 324 valence electrons. The number of carbonyl (C=O) groups is 5. The summed E-state index contributed by atoms with van der Waals surface area (Å²) in [6, 6.07) is 10.5. The van der Waals surface area contributed by atoms with Gasteiger partial charge in [0.25, 0.3) is 52.3 Å². The number of allylic oxidation sites excluding steroid dienone is 4. The highest BCUT2D eigenvalue weighted by atomic mass is 32.2. The van der Waals surface area contributed by atoms with Crippen LogP contribution < -0.4 is 21.3 Å². The largest absolute Gasteiger partial charge is 0.323 e. The Bertz CT molecular complexity index is 3030. The first kappa shape index (κ1) is 45.1. The summed E-state index contributed by atoms with van der Waals surface area (Å²) in [6.07, 6.45) is -0.104. The number of carbonyl (C=O) groups excluding carboxylic acids is 5. The van der Waals surface area contributed by atoms with Gasteiger partial charge in [-0.2, -0.15) is 33.7 Å². The predicted molar refractivity (Wildman–Crippen MR) is 219 cm³/mol. The first-order valence-electron chi connectivity index (χ1n) is 17.3. The summed E-state index contributed by atoms with van der Waals surface area (Å²) in [6.45, 7) is 2.85. The molecule has 25 heteroatoms. The van der Waals surface area contributed by atoms with Crippen molar-refractivity contribution in [2.45, 2.75) is 36.5 Å². The van der Waals surface area contributed by atoms with Gasteiger partial charge < -0.3 is 21.3 Å². The van der Waals surface area contributed by atoms with Crippen molar-refractivity contribution in [3.63, 3.8) is 0 Å². The third-order valence-electron chi connectivity index (χ3n) is 9.60. The molecule has 0 fully saturated rings.